The van der Waals surface area contributed by atoms with Gasteiger partial charge in [-0.2, -0.15) is 0 Å². The van der Waals surface area contributed by atoms with Crippen molar-refractivity contribution in [2.24, 2.45) is 0 Å². The summed E-state index contributed by atoms with van der Waals surface area (Å²) in [5.41, 5.74) is 4.44. The molecule has 0 aromatic carbocycles. The van der Waals surface area contributed by atoms with E-state index in [9.17, 15) is 0 Å². The van der Waals surface area contributed by atoms with E-state index in [2.05, 4.69) is 23.1 Å². The van der Waals surface area contributed by atoms with E-state index in [0.29, 0.717) is 0 Å². The molecule has 2 rings (SSSR count). The summed E-state index contributed by atoms with van der Waals surface area (Å²) >= 11 is 0. The lowest BCUT2D eigenvalue weighted by atomic mass is 10.2. The zero-order valence-corrected chi connectivity index (χ0v) is 10.9. The number of aryl methyl sites for hydroxylation is 2. The molecule has 0 fully saturated rings. The van der Waals surface area contributed by atoms with Gasteiger partial charge in [0.25, 0.3) is 0 Å². The Morgan fingerprint density at radius 1 is 1.00 bits per heavy atom. The highest BCUT2D eigenvalue weighted by atomic mass is 14.6. The Balaban J connectivity index is 0.000000180. The molecule has 2 heterocycles. The van der Waals surface area contributed by atoms with E-state index in [0.717, 1.165) is 16.8 Å². The van der Waals surface area contributed by atoms with Crippen LogP contribution in [-0.4, -0.2) is 9.97 Å². The molecule has 2 aromatic heterocycles. The molecular formula is C16H18N2. The van der Waals surface area contributed by atoms with Gasteiger partial charge < -0.3 is 0 Å². The quantitative estimate of drug-likeness (QED) is 0.788. The lowest BCUT2D eigenvalue weighted by molar-refractivity contribution is 1.19. The zero-order valence-electron chi connectivity index (χ0n) is 10.9. The summed E-state index contributed by atoms with van der Waals surface area (Å²) in [6.45, 7) is 11.3. The average molecular weight is 238 g/mol. The maximum atomic E-state index is 4.08. The second kappa shape index (κ2) is 7.17. The predicted octanol–water partition coefficient (Wildman–Crippen LogP) is 4.07. The molecule has 0 atom stereocenters. The van der Waals surface area contributed by atoms with Gasteiger partial charge in [-0.1, -0.05) is 31.4 Å². The smallest absolute Gasteiger partial charge is 0.0373 e. The van der Waals surface area contributed by atoms with Crippen molar-refractivity contribution in [1.29, 1.82) is 0 Å². The third-order valence-corrected chi connectivity index (χ3v) is 2.47. The van der Waals surface area contributed by atoms with E-state index in [1.54, 1.807) is 12.3 Å². The minimum atomic E-state index is 1.04. The van der Waals surface area contributed by atoms with E-state index in [1.165, 1.54) is 5.56 Å². The van der Waals surface area contributed by atoms with Gasteiger partial charge in [-0.15, -0.1) is 0 Å². The van der Waals surface area contributed by atoms with Crippen LogP contribution in [0.25, 0.3) is 12.2 Å². The van der Waals surface area contributed by atoms with Gasteiger partial charge in [0.1, 0.15) is 0 Å². The van der Waals surface area contributed by atoms with Crippen molar-refractivity contribution in [3.63, 3.8) is 0 Å². The first kappa shape index (κ1) is 13.8. The molecule has 0 saturated heterocycles. The van der Waals surface area contributed by atoms with Crippen molar-refractivity contribution in [1.82, 2.24) is 9.97 Å². The van der Waals surface area contributed by atoms with E-state index in [1.807, 2.05) is 50.5 Å². The van der Waals surface area contributed by atoms with Crippen molar-refractivity contribution in [2.75, 3.05) is 0 Å². The molecule has 0 aliphatic carbocycles. The highest BCUT2D eigenvalue weighted by molar-refractivity contribution is 5.49. The highest BCUT2D eigenvalue weighted by Crippen LogP contribution is 2.04. The van der Waals surface area contributed by atoms with Crippen LogP contribution in [0.1, 0.15) is 22.4 Å². The van der Waals surface area contributed by atoms with Crippen LogP contribution in [-0.2, 0) is 0 Å². The summed E-state index contributed by atoms with van der Waals surface area (Å²) in [5, 5.41) is 0. The second-order valence-corrected chi connectivity index (χ2v) is 3.87. The van der Waals surface area contributed by atoms with Crippen LogP contribution in [0.4, 0.5) is 0 Å². The number of pyridine rings is 2. The largest absolute Gasteiger partial charge is 0.264 e. The molecular weight excluding hydrogens is 220 g/mol. The van der Waals surface area contributed by atoms with Crippen molar-refractivity contribution in [3.8, 4) is 0 Å². The average Bonchev–Trinajstić information content (AvgIpc) is 2.41. The summed E-state index contributed by atoms with van der Waals surface area (Å²) in [4.78, 5) is 8.02. The lowest BCUT2D eigenvalue weighted by Gasteiger charge is -1.94. The normalized spacial score (nSPS) is 9.00. The maximum absolute atomic E-state index is 4.08. The molecule has 0 saturated carbocycles. The molecule has 92 valence electrons. The summed E-state index contributed by atoms with van der Waals surface area (Å²) < 4.78 is 0. The monoisotopic (exact) mass is 238 g/mol. The lowest BCUT2D eigenvalue weighted by Crippen LogP contribution is -1.79. The Kier molecular flexibility index (Phi) is 5.52. The molecule has 18 heavy (non-hydrogen) atoms. The van der Waals surface area contributed by atoms with E-state index in [4.69, 9.17) is 0 Å². The number of hydrogen-bond acceptors (Lipinski definition) is 2. The molecule has 0 amide bonds. The third-order valence-electron chi connectivity index (χ3n) is 2.47. The van der Waals surface area contributed by atoms with Crippen LogP contribution >= 0.6 is 0 Å². The van der Waals surface area contributed by atoms with Gasteiger partial charge in [0.05, 0.1) is 0 Å². The van der Waals surface area contributed by atoms with Crippen molar-refractivity contribution >= 4 is 12.2 Å². The Bertz CT molecular complexity index is 513. The van der Waals surface area contributed by atoms with Crippen molar-refractivity contribution in [3.05, 3.63) is 72.3 Å². The standard InChI is InChI=1S/2C8H9N/c1-3-8-6-9-5-4-7(8)2;1-3-8-5-4-7(2)9-6-8/h2*3-6H,1H2,2H3. The van der Waals surface area contributed by atoms with Crippen LogP contribution in [0.2, 0.25) is 0 Å². The fraction of sp³-hybridized carbons (Fsp3) is 0.125. The van der Waals surface area contributed by atoms with Gasteiger partial charge in [-0.25, -0.2) is 0 Å². The minimum Gasteiger partial charge on any atom is -0.264 e. The Morgan fingerprint density at radius 3 is 2.22 bits per heavy atom. The fourth-order valence-electron chi connectivity index (χ4n) is 1.29. The summed E-state index contributed by atoms with van der Waals surface area (Å²) in [6, 6.07) is 5.93. The molecule has 0 unspecified atom stereocenters. The van der Waals surface area contributed by atoms with Crippen LogP contribution < -0.4 is 0 Å². The van der Waals surface area contributed by atoms with Gasteiger partial charge in [0.2, 0.25) is 0 Å². The molecule has 0 radical (unpaired) electrons. The van der Waals surface area contributed by atoms with Gasteiger partial charge in [0, 0.05) is 24.3 Å². The first-order valence-electron chi connectivity index (χ1n) is 5.75. The van der Waals surface area contributed by atoms with Crippen LogP contribution in [0.3, 0.4) is 0 Å². The zero-order chi connectivity index (χ0) is 13.4. The van der Waals surface area contributed by atoms with E-state index >= 15 is 0 Å². The summed E-state index contributed by atoms with van der Waals surface area (Å²) in [5.74, 6) is 0. The summed E-state index contributed by atoms with van der Waals surface area (Å²) in [6.07, 6.45) is 8.99. The molecule has 2 aromatic rings. The van der Waals surface area contributed by atoms with Crippen LogP contribution in [0, 0.1) is 13.8 Å². The molecule has 0 aliphatic rings. The van der Waals surface area contributed by atoms with Gasteiger partial charge in [-0.3, -0.25) is 9.97 Å². The molecule has 0 aliphatic heterocycles. The number of aromatic nitrogens is 2. The predicted molar refractivity (Wildman–Crippen MR) is 78.1 cm³/mol. The summed E-state index contributed by atoms with van der Waals surface area (Å²) in [7, 11) is 0. The molecule has 2 nitrogen and oxygen atoms in total. The van der Waals surface area contributed by atoms with Crippen LogP contribution in [0.15, 0.2) is 49.9 Å². The van der Waals surface area contributed by atoms with Gasteiger partial charge in [-0.05, 0) is 42.7 Å². The Labute approximate surface area is 109 Å². The Morgan fingerprint density at radius 2 is 1.78 bits per heavy atom. The first-order valence-corrected chi connectivity index (χ1v) is 5.75. The third kappa shape index (κ3) is 4.34. The molecule has 0 spiro atoms. The SMILES string of the molecule is C=Cc1ccc(C)nc1.C=Cc1cnccc1C. The molecule has 0 N–H and O–H groups in total. The molecule has 0 bridgehead atoms. The Hall–Kier alpha value is -2.22. The number of hydrogen-bond donors (Lipinski definition) is 0. The van der Waals surface area contributed by atoms with Crippen LogP contribution in [0.5, 0.6) is 0 Å². The van der Waals surface area contributed by atoms with E-state index in [-0.39, 0.29) is 0 Å². The second-order valence-electron chi connectivity index (χ2n) is 3.87. The van der Waals surface area contributed by atoms with Crippen molar-refractivity contribution in [2.45, 2.75) is 13.8 Å². The fourth-order valence-corrected chi connectivity index (χ4v) is 1.29. The topological polar surface area (TPSA) is 25.8 Å². The number of rotatable bonds is 2. The van der Waals surface area contributed by atoms with Crippen molar-refractivity contribution < 1.29 is 0 Å². The van der Waals surface area contributed by atoms with Gasteiger partial charge >= 0.3 is 0 Å². The molecule has 2 heteroatoms. The van der Waals surface area contributed by atoms with Gasteiger partial charge in [0.15, 0.2) is 0 Å². The van der Waals surface area contributed by atoms with E-state index < -0.39 is 0 Å². The highest BCUT2D eigenvalue weighted by Gasteiger charge is 1.88. The minimum absolute atomic E-state index is 1.04. The maximum Gasteiger partial charge on any atom is 0.0373 e. The first-order chi connectivity index (χ1) is 8.67. The number of nitrogens with zero attached hydrogens (tertiary/aromatic N) is 2.